The average Bonchev–Trinajstić information content (AvgIpc) is 2.64. The average molecular weight is 385 g/mol. The maximum Gasteiger partial charge on any atom is 0.253 e. The van der Waals surface area contributed by atoms with E-state index in [0.29, 0.717) is 21.4 Å². The highest BCUT2D eigenvalue weighted by Gasteiger charge is 2.09. The molecule has 1 aromatic heterocycles. The van der Waals surface area contributed by atoms with Crippen molar-refractivity contribution in [3.63, 3.8) is 0 Å². The zero-order valence-electron chi connectivity index (χ0n) is 13.6. The molecule has 1 amide bonds. The van der Waals surface area contributed by atoms with Gasteiger partial charge in [-0.15, -0.1) is 0 Å². The van der Waals surface area contributed by atoms with Crippen LogP contribution in [0, 0.1) is 11.8 Å². The van der Waals surface area contributed by atoms with Gasteiger partial charge < -0.3 is 10.1 Å². The van der Waals surface area contributed by atoms with Crippen LogP contribution in [0.2, 0.25) is 10.0 Å². The quantitative estimate of drug-likeness (QED) is 0.680. The van der Waals surface area contributed by atoms with Gasteiger partial charge in [-0.25, -0.2) is 0 Å². The van der Waals surface area contributed by atoms with Crippen molar-refractivity contribution in [3.05, 3.63) is 70.3 Å². The van der Waals surface area contributed by atoms with Crippen LogP contribution in [0.1, 0.15) is 10.4 Å². The van der Waals surface area contributed by atoms with Gasteiger partial charge in [0.1, 0.15) is 17.9 Å². The summed E-state index contributed by atoms with van der Waals surface area (Å²) in [5.74, 6) is 6.07. The SMILES string of the molecule is O=C(NCC#CCOc1cccc2cccnc12)c1ccc(Cl)cc1Cl. The third-order valence-corrected chi connectivity index (χ3v) is 4.08. The van der Waals surface area contributed by atoms with Crippen molar-refractivity contribution in [2.24, 2.45) is 0 Å². The van der Waals surface area contributed by atoms with Crippen molar-refractivity contribution in [1.29, 1.82) is 0 Å². The minimum Gasteiger partial charge on any atom is -0.479 e. The fraction of sp³-hybridized carbons (Fsp3) is 0.100. The fourth-order valence-corrected chi connectivity index (χ4v) is 2.81. The lowest BCUT2D eigenvalue weighted by atomic mass is 10.2. The first-order valence-electron chi connectivity index (χ1n) is 7.80. The normalized spacial score (nSPS) is 10.1. The molecule has 130 valence electrons. The van der Waals surface area contributed by atoms with E-state index < -0.39 is 0 Å². The van der Waals surface area contributed by atoms with E-state index in [4.69, 9.17) is 27.9 Å². The van der Waals surface area contributed by atoms with Crippen LogP contribution in [0.25, 0.3) is 10.9 Å². The number of rotatable bonds is 4. The summed E-state index contributed by atoms with van der Waals surface area (Å²) in [7, 11) is 0. The van der Waals surface area contributed by atoms with Gasteiger partial charge in [-0.2, -0.15) is 0 Å². The number of nitrogens with zero attached hydrogens (tertiary/aromatic N) is 1. The minimum absolute atomic E-state index is 0.189. The monoisotopic (exact) mass is 384 g/mol. The van der Waals surface area contributed by atoms with E-state index in [9.17, 15) is 4.79 Å². The first-order valence-corrected chi connectivity index (χ1v) is 8.56. The van der Waals surface area contributed by atoms with Gasteiger partial charge in [0.05, 0.1) is 17.1 Å². The third-order valence-electron chi connectivity index (χ3n) is 3.53. The molecule has 0 saturated carbocycles. The maximum atomic E-state index is 12.0. The van der Waals surface area contributed by atoms with E-state index in [1.54, 1.807) is 18.3 Å². The van der Waals surface area contributed by atoms with Gasteiger partial charge in [-0.1, -0.05) is 53.2 Å². The molecule has 0 radical (unpaired) electrons. The molecule has 0 bridgehead atoms. The lowest BCUT2D eigenvalue weighted by molar-refractivity contribution is 0.0959. The molecular formula is C20H14Cl2N2O2. The number of pyridine rings is 1. The number of carbonyl (C=O) groups excluding carboxylic acids is 1. The molecule has 2 aromatic carbocycles. The molecule has 0 aliphatic carbocycles. The van der Waals surface area contributed by atoms with Crippen molar-refractivity contribution in [2.75, 3.05) is 13.2 Å². The first-order chi connectivity index (χ1) is 12.6. The summed E-state index contributed by atoms with van der Waals surface area (Å²) in [5.41, 5.74) is 1.15. The largest absolute Gasteiger partial charge is 0.479 e. The van der Waals surface area contributed by atoms with E-state index in [2.05, 4.69) is 22.1 Å². The molecule has 1 heterocycles. The molecule has 0 unspecified atom stereocenters. The number of benzene rings is 2. The zero-order chi connectivity index (χ0) is 18.4. The molecule has 0 fully saturated rings. The number of hydrogen-bond donors (Lipinski definition) is 1. The van der Waals surface area contributed by atoms with Crippen molar-refractivity contribution >= 4 is 40.0 Å². The summed E-state index contributed by atoms with van der Waals surface area (Å²) >= 11 is 11.8. The molecule has 0 aliphatic heterocycles. The van der Waals surface area contributed by atoms with E-state index in [1.165, 1.54) is 6.07 Å². The summed E-state index contributed by atoms with van der Waals surface area (Å²) in [4.78, 5) is 16.3. The van der Waals surface area contributed by atoms with Gasteiger partial charge >= 0.3 is 0 Å². The maximum absolute atomic E-state index is 12.0. The van der Waals surface area contributed by atoms with Gasteiger partial charge in [0.25, 0.3) is 5.91 Å². The molecule has 0 spiro atoms. The van der Waals surface area contributed by atoms with Crippen LogP contribution < -0.4 is 10.1 Å². The Bertz CT molecular complexity index is 1000. The van der Waals surface area contributed by atoms with E-state index in [1.807, 2.05) is 30.3 Å². The van der Waals surface area contributed by atoms with Crippen LogP contribution in [0.4, 0.5) is 0 Å². The number of fused-ring (bicyclic) bond motifs is 1. The van der Waals surface area contributed by atoms with Gasteiger partial charge in [0, 0.05) is 16.6 Å². The van der Waals surface area contributed by atoms with Crippen LogP contribution in [0.5, 0.6) is 5.75 Å². The predicted octanol–water partition coefficient (Wildman–Crippen LogP) is 4.35. The number of para-hydroxylation sites is 1. The van der Waals surface area contributed by atoms with Crippen LogP contribution in [-0.2, 0) is 0 Å². The van der Waals surface area contributed by atoms with Crippen LogP contribution in [0.3, 0.4) is 0 Å². The van der Waals surface area contributed by atoms with Crippen molar-refractivity contribution < 1.29 is 9.53 Å². The molecule has 3 aromatic rings. The number of nitrogens with one attached hydrogen (secondary N) is 1. The Morgan fingerprint density at radius 2 is 1.96 bits per heavy atom. The summed E-state index contributed by atoms with van der Waals surface area (Å²) < 4.78 is 5.66. The van der Waals surface area contributed by atoms with Crippen LogP contribution in [0.15, 0.2) is 54.7 Å². The Labute approximate surface area is 161 Å². The highest BCUT2D eigenvalue weighted by molar-refractivity contribution is 6.36. The molecule has 0 aliphatic rings. The number of carbonyl (C=O) groups is 1. The summed E-state index contributed by atoms with van der Waals surface area (Å²) in [6, 6.07) is 14.3. The lowest BCUT2D eigenvalue weighted by Gasteiger charge is -2.05. The van der Waals surface area contributed by atoms with Crippen LogP contribution in [-0.4, -0.2) is 24.0 Å². The standard InChI is InChI=1S/C20H14Cl2N2O2/c21-15-8-9-16(17(22)13-15)20(25)24-10-1-2-12-26-18-7-3-5-14-6-4-11-23-19(14)18/h3-9,11,13H,10,12H2,(H,24,25). The van der Waals surface area contributed by atoms with Gasteiger partial charge in [-0.05, 0) is 30.3 Å². The molecule has 4 nitrogen and oxygen atoms in total. The Morgan fingerprint density at radius 1 is 1.12 bits per heavy atom. The molecule has 1 N–H and O–H groups in total. The molecule has 26 heavy (non-hydrogen) atoms. The second kappa shape index (κ2) is 8.57. The molecule has 0 saturated heterocycles. The number of hydrogen-bond acceptors (Lipinski definition) is 3. The first kappa shape index (κ1) is 18.1. The topological polar surface area (TPSA) is 51.2 Å². The molecular weight excluding hydrogens is 371 g/mol. The van der Waals surface area contributed by atoms with E-state index in [0.717, 1.165) is 10.9 Å². The summed E-state index contributed by atoms with van der Waals surface area (Å²) in [6.45, 7) is 0.391. The summed E-state index contributed by atoms with van der Waals surface area (Å²) in [5, 5.41) is 4.46. The Balaban J connectivity index is 1.52. The van der Waals surface area contributed by atoms with Crippen molar-refractivity contribution in [2.45, 2.75) is 0 Å². The molecule has 3 rings (SSSR count). The predicted molar refractivity (Wildman–Crippen MR) is 104 cm³/mol. The van der Waals surface area contributed by atoms with Crippen LogP contribution >= 0.6 is 23.2 Å². The third kappa shape index (κ3) is 4.45. The summed E-state index contributed by atoms with van der Waals surface area (Å²) in [6.07, 6.45) is 1.72. The van der Waals surface area contributed by atoms with Crippen molar-refractivity contribution in [3.8, 4) is 17.6 Å². The number of amides is 1. The van der Waals surface area contributed by atoms with Gasteiger partial charge in [0.15, 0.2) is 0 Å². The van der Waals surface area contributed by atoms with Gasteiger partial charge in [-0.3, -0.25) is 9.78 Å². The Kier molecular flexibility index (Phi) is 5.96. The highest BCUT2D eigenvalue weighted by Crippen LogP contribution is 2.22. The zero-order valence-corrected chi connectivity index (χ0v) is 15.1. The van der Waals surface area contributed by atoms with E-state index in [-0.39, 0.29) is 19.1 Å². The minimum atomic E-state index is -0.305. The smallest absolute Gasteiger partial charge is 0.253 e. The van der Waals surface area contributed by atoms with Crippen molar-refractivity contribution in [1.82, 2.24) is 10.3 Å². The molecule has 6 heteroatoms. The van der Waals surface area contributed by atoms with Gasteiger partial charge in [0.2, 0.25) is 0 Å². The van der Waals surface area contributed by atoms with E-state index >= 15 is 0 Å². The molecule has 0 atom stereocenters. The second-order valence-corrected chi connectivity index (χ2v) is 6.12. The number of ether oxygens (including phenoxy) is 1. The number of aromatic nitrogens is 1. The second-order valence-electron chi connectivity index (χ2n) is 5.28. The fourth-order valence-electron chi connectivity index (χ4n) is 2.31. The number of halogens is 2. The Morgan fingerprint density at radius 3 is 2.81 bits per heavy atom. The lowest BCUT2D eigenvalue weighted by Crippen LogP contribution is -2.23. The Hall–Kier alpha value is -2.74. The highest BCUT2D eigenvalue weighted by atomic mass is 35.5.